The Kier molecular flexibility index (Phi) is 10.3. The van der Waals surface area contributed by atoms with Gasteiger partial charge in [-0.25, -0.2) is 9.69 Å². The van der Waals surface area contributed by atoms with Crippen LogP contribution in [0.2, 0.25) is 0 Å². The Hall–Kier alpha value is -3.37. The molecule has 3 rings (SSSR count). The van der Waals surface area contributed by atoms with Crippen molar-refractivity contribution in [2.75, 3.05) is 12.3 Å². The second-order valence-corrected chi connectivity index (χ2v) is 9.67. The van der Waals surface area contributed by atoms with Gasteiger partial charge in [-0.2, -0.15) is 0 Å². The highest BCUT2D eigenvalue weighted by Crippen LogP contribution is 2.19. The molecule has 1 heterocycles. The summed E-state index contributed by atoms with van der Waals surface area (Å²) in [5.74, 6) is -0.337. The van der Waals surface area contributed by atoms with E-state index in [1.165, 1.54) is 6.92 Å². The van der Waals surface area contributed by atoms with Crippen LogP contribution in [0.4, 0.5) is 4.79 Å². The smallest absolute Gasteiger partial charge is 0.417 e. The van der Waals surface area contributed by atoms with Gasteiger partial charge in [-0.05, 0) is 23.8 Å². The van der Waals surface area contributed by atoms with E-state index in [9.17, 15) is 14.4 Å². The molecule has 1 aliphatic rings. The third kappa shape index (κ3) is 7.82. The number of nitrogens with one attached hydrogen (secondary N) is 1. The number of amides is 3. The highest BCUT2D eigenvalue weighted by Gasteiger charge is 2.38. The van der Waals surface area contributed by atoms with Crippen molar-refractivity contribution in [1.82, 2.24) is 10.2 Å². The summed E-state index contributed by atoms with van der Waals surface area (Å²) in [6.07, 6.45) is -0.559. The van der Waals surface area contributed by atoms with Crippen LogP contribution < -0.4 is 11.1 Å². The topological polar surface area (TPSA) is 123 Å². The maximum absolute atomic E-state index is 13.4. The molecule has 3 atom stereocenters. The Labute approximate surface area is 215 Å². The number of carbonyl (C=O) groups is 3. The zero-order valence-electron chi connectivity index (χ0n) is 20.5. The average Bonchev–Trinajstić information content (AvgIpc) is 3.34. The standard InChI is InChI=1S/C26H32N4O5S/c1-3-36-23-15-21(35-29-23)16-28-24(31)22(14-19-10-6-4-7-11-19)30(25(32)18(2)27)26(33)34-17-20-12-8-5-9-13-20/h4-13,18,21-22H,3,14-17,27H2,1-2H3,(H,28,31)/t18-,21?,22-/m0/s1. The number of nitrogens with zero attached hydrogens (tertiary/aromatic N) is 2. The van der Waals surface area contributed by atoms with Crippen LogP contribution in [0.15, 0.2) is 65.8 Å². The van der Waals surface area contributed by atoms with Gasteiger partial charge >= 0.3 is 6.09 Å². The van der Waals surface area contributed by atoms with Gasteiger partial charge in [0.2, 0.25) is 11.8 Å². The lowest BCUT2D eigenvalue weighted by Gasteiger charge is -2.30. The molecule has 0 saturated heterocycles. The van der Waals surface area contributed by atoms with Crippen LogP contribution in [0.3, 0.4) is 0 Å². The highest BCUT2D eigenvalue weighted by molar-refractivity contribution is 8.13. The van der Waals surface area contributed by atoms with Crippen LogP contribution in [0, 0.1) is 0 Å². The Morgan fingerprint density at radius 2 is 1.78 bits per heavy atom. The molecule has 3 N–H and O–H groups in total. The average molecular weight is 513 g/mol. The summed E-state index contributed by atoms with van der Waals surface area (Å²) in [5, 5.41) is 7.73. The van der Waals surface area contributed by atoms with Gasteiger partial charge in [0.25, 0.3) is 0 Å². The molecule has 0 bridgehead atoms. The van der Waals surface area contributed by atoms with Crippen molar-refractivity contribution >= 4 is 34.7 Å². The molecule has 0 spiro atoms. The van der Waals surface area contributed by atoms with Crippen molar-refractivity contribution in [2.45, 2.75) is 51.5 Å². The van der Waals surface area contributed by atoms with E-state index in [0.29, 0.717) is 6.42 Å². The van der Waals surface area contributed by atoms with Gasteiger partial charge in [0.05, 0.1) is 12.6 Å². The molecule has 36 heavy (non-hydrogen) atoms. The van der Waals surface area contributed by atoms with E-state index in [-0.39, 0.29) is 25.7 Å². The third-order valence-corrected chi connectivity index (χ3v) is 6.30. The molecular formula is C26H32N4O5S. The fourth-order valence-electron chi connectivity index (χ4n) is 3.61. The molecule has 1 aliphatic heterocycles. The predicted octanol–water partition coefficient (Wildman–Crippen LogP) is 3.08. The first-order valence-electron chi connectivity index (χ1n) is 11.9. The first kappa shape index (κ1) is 27.2. The minimum Gasteiger partial charge on any atom is -0.444 e. The summed E-state index contributed by atoms with van der Waals surface area (Å²) < 4.78 is 5.43. The lowest BCUT2D eigenvalue weighted by atomic mass is 10.0. The van der Waals surface area contributed by atoms with Crippen LogP contribution in [0.5, 0.6) is 0 Å². The molecule has 0 radical (unpaired) electrons. The van der Waals surface area contributed by atoms with Crippen LogP contribution in [-0.4, -0.2) is 58.3 Å². The third-order valence-electron chi connectivity index (χ3n) is 5.44. The molecule has 0 saturated carbocycles. The Balaban J connectivity index is 1.78. The van der Waals surface area contributed by atoms with Crippen molar-refractivity contribution in [1.29, 1.82) is 0 Å². The van der Waals surface area contributed by atoms with Crippen LogP contribution in [-0.2, 0) is 32.2 Å². The molecule has 10 heteroatoms. The van der Waals surface area contributed by atoms with Gasteiger partial charge in [0.15, 0.2) is 6.10 Å². The monoisotopic (exact) mass is 512 g/mol. The van der Waals surface area contributed by atoms with E-state index in [4.69, 9.17) is 15.3 Å². The molecule has 0 aromatic heterocycles. The molecule has 1 unspecified atom stereocenters. The Bertz CT molecular complexity index is 1050. The zero-order chi connectivity index (χ0) is 25.9. The number of carbonyl (C=O) groups excluding carboxylic acids is 3. The second kappa shape index (κ2) is 13.6. The normalized spacial score (nSPS) is 16.3. The van der Waals surface area contributed by atoms with Crippen molar-refractivity contribution in [3.8, 4) is 0 Å². The van der Waals surface area contributed by atoms with Crippen LogP contribution in [0.1, 0.15) is 31.4 Å². The van der Waals surface area contributed by atoms with Crippen molar-refractivity contribution in [3.63, 3.8) is 0 Å². The van der Waals surface area contributed by atoms with E-state index in [2.05, 4.69) is 10.5 Å². The molecule has 0 aliphatic carbocycles. The van der Waals surface area contributed by atoms with Crippen molar-refractivity contribution in [3.05, 3.63) is 71.8 Å². The molecule has 2 aromatic carbocycles. The minimum absolute atomic E-state index is 0.0484. The Morgan fingerprint density at radius 3 is 2.39 bits per heavy atom. The van der Waals surface area contributed by atoms with Gasteiger partial charge in [0, 0.05) is 12.8 Å². The van der Waals surface area contributed by atoms with Crippen LogP contribution >= 0.6 is 11.8 Å². The fraction of sp³-hybridized carbons (Fsp3) is 0.385. The first-order chi connectivity index (χ1) is 17.4. The number of nitrogens with two attached hydrogens (primary N) is 1. The second-order valence-electron chi connectivity index (χ2n) is 8.34. The maximum Gasteiger partial charge on any atom is 0.417 e. The van der Waals surface area contributed by atoms with Gasteiger partial charge in [0.1, 0.15) is 17.7 Å². The van der Waals surface area contributed by atoms with Gasteiger partial charge < -0.3 is 20.6 Å². The fourth-order valence-corrected chi connectivity index (χ4v) is 4.35. The summed E-state index contributed by atoms with van der Waals surface area (Å²) in [6.45, 7) is 3.62. The van der Waals surface area contributed by atoms with E-state index in [0.717, 1.165) is 26.8 Å². The van der Waals surface area contributed by atoms with Crippen molar-refractivity contribution in [2.24, 2.45) is 10.9 Å². The van der Waals surface area contributed by atoms with E-state index < -0.39 is 30.0 Å². The zero-order valence-corrected chi connectivity index (χ0v) is 21.3. The predicted molar refractivity (Wildman–Crippen MR) is 139 cm³/mol. The van der Waals surface area contributed by atoms with Crippen LogP contribution in [0.25, 0.3) is 0 Å². The first-order valence-corrected chi connectivity index (χ1v) is 12.8. The van der Waals surface area contributed by atoms with Crippen molar-refractivity contribution < 1.29 is 24.0 Å². The van der Waals surface area contributed by atoms with Gasteiger partial charge in [-0.3, -0.25) is 9.59 Å². The molecule has 3 amide bonds. The molecule has 9 nitrogen and oxygen atoms in total. The van der Waals surface area contributed by atoms with E-state index in [1.807, 2.05) is 55.5 Å². The SMILES string of the molecule is CCSC1=NOC(CNC(=O)[C@H](Cc2ccccc2)N(C(=O)OCc2ccccc2)C(=O)[C@H](C)N)C1. The number of imide groups is 1. The molecule has 0 fully saturated rings. The van der Waals surface area contributed by atoms with Gasteiger partial charge in [-0.1, -0.05) is 72.7 Å². The summed E-state index contributed by atoms with van der Waals surface area (Å²) in [6, 6.07) is 16.1. The maximum atomic E-state index is 13.4. The number of hydrogen-bond donors (Lipinski definition) is 2. The number of hydrogen-bond acceptors (Lipinski definition) is 8. The van der Waals surface area contributed by atoms with Gasteiger partial charge in [-0.15, -0.1) is 11.8 Å². The quantitative estimate of drug-likeness (QED) is 0.501. The van der Waals surface area contributed by atoms with E-state index in [1.54, 1.807) is 23.9 Å². The number of thioether (sulfide) groups is 1. The molecular weight excluding hydrogens is 480 g/mol. The summed E-state index contributed by atoms with van der Waals surface area (Å²) in [4.78, 5) is 45.9. The minimum atomic E-state index is -1.17. The lowest BCUT2D eigenvalue weighted by Crippen LogP contribution is -2.57. The van der Waals surface area contributed by atoms with E-state index >= 15 is 0 Å². The molecule has 192 valence electrons. The molecule has 2 aromatic rings. The summed E-state index contributed by atoms with van der Waals surface area (Å²) in [5.41, 5.74) is 7.39. The number of benzene rings is 2. The summed E-state index contributed by atoms with van der Waals surface area (Å²) >= 11 is 1.59. The number of oxime groups is 1. The highest BCUT2D eigenvalue weighted by atomic mass is 32.2. The lowest BCUT2D eigenvalue weighted by molar-refractivity contribution is -0.139. The summed E-state index contributed by atoms with van der Waals surface area (Å²) in [7, 11) is 0. The Morgan fingerprint density at radius 1 is 1.14 bits per heavy atom. The number of rotatable bonds is 10. The largest absolute Gasteiger partial charge is 0.444 e. The number of ether oxygens (including phenoxy) is 1.